The number of hydrogen-bond donors (Lipinski definition) is 2. The number of nitrogens with one attached hydrogen (secondary N) is 1. The summed E-state index contributed by atoms with van der Waals surface area (Å²) < 4.78 is 0. The maximum Gasteiger partial charge on any atom is 0.218 e. The van der Waals surface area contributed by atoms with Crippen LogP contribution in [0.25, 0.3) is 0 Å². The average Bonchev–Trinajstić information content (AvgIpc) is 2.10. The van der Waals surface area contributed by atoms with Gasteiger partial charge >= 0.3 is 0 Å². The van der Waals surface area contributed by atoms with Gasteiger partial charge in [-0.25, -0.2) is 0 Å². The number of nitrogens with two attached hydrogens (primary N) is 1. The standard InChI is InChI=1S/C10H21N3O/c1-8-7-9(4-6-13(8)2)12-5-3-10(11)14/h8-9,12H,3-7H2,1-2H3,(H2,11,14). The zero-order chi connectivity index (χ0) is 10.6. The first-order valence-corrected chi connectivity index (χ1v) is 5.31. The van der Waals surface area contributed by atoms with Crippen LogP contribution in [-0.4, -0.2) is 43.0 Å². The SMILES string of the molecule is CC1CC(NCCC(N)=O)CCN1C. The first-order valence-electron chi connectivity index (χ1n) is 5.31. The van der Waals surface area contributed by atoms with Gasteiger partial charge in [-0.3, -0.25) is 4.79 Å². The third-order valence-electron chi connectivity index (χ3n) is 3.01. The van der Waals surface area contributed by atoms with Crippen molar-refractivity contribution < 1.29 is 4.79 Å². The van der Waals surface area contributed by atoms with Crippen LogP contribution >= 0.6 is 0 Å². The van der Waals surface area contributed by atoms with E-state index in [0.29, 0.717) is 18.5 Å². The van der Waals surface area contributed by atoms with E-state index >= 15 is 0 Å². The van der Waals surface area contributed by atoms with Gasteiger partial charge in [0.1, 0.15) is 0 Å². The van der Waals surface area contributed by atoms with Gasteiger partial charge in [0.05, 0.1) is 0 Å². The molecule has 0 bridgehead atoms. The molecule has 0 aromatic rings. The molecule has 0 aliphatic carbocycles. The molecule has 3 N–H and O–H groups in total. The average molecular weight is 199 g/mol. The van der Waals surface area contributed by atoms with Crippen molar-refractivity contribution in [3.63, 3.8) is 0 Å². The van der Waals surface area contributed by atoms with Gasteiger partial charge in [0.25, 0.3) is 0 Å². The fourth-order valence-corrected chi connectivity index (χ4v) is 1.87. The van der Waals surface area contributed by atoms with Crippen LogP contribution in [0, 0.1) is 0 Å². The van der Waals surface area contributed by atoms with Crippen molar-refractivity contribution >= 4 is 5.91 Å². The van der Waals surface area contributed by atoms with Crippen molar-refractivity contribution in [3.05, 3.63) is 0 Å². The predicted molar refractivity (Wildman–Crippen MR) is 56.9 cm³/mol. The molecule has 82 valence electrons. The summed E-state index contributed by atoms with van der Waals surface area (Å²) in [4.78, 5) is 12.9. The summed E-state index contributed by atoms with van der Waals surface area (Å²) in [6.45, 7) is 4.09. The highest BCUT2D eigenvalue weighted by Crippen LogP contribution is 2.14. The molecule has 0 saturated carbocycles. The second-order valence-electron chi connectivity index (χ2n) is 4.22. The van der Waals surface area contributed by atoms with E-state index in [1.165, 1.54) is 6.42 Å². The van der Waals surface area contributed by atoms with Crippen molar-refractivity contribution in [1.29, 1.82) is 0 Å². The molecule has 14 heavy (non-hydrogen) atoms. The van der Waals surface area contributed by atoms with E-state index in [9.17, 15) is 4.79 Å². The van der Waals surface area contributed by atoms with Crippen LogP contribution in [0.2, 0.25) is 0 Å². The summed E-state index contributed by atoms with van der Waals surface area (Å²) in [5.74, 6) is -0.224. The molecule has 0 aromatic heterocycles. The second kappa shape index (κ2) is 5.32. The molecule has 4 heteroatoms. The lowest BCUT2D eigenvalue weighted by Gasteiger charge is -2.35. The van der Waals surface area contributed by atoms with Crippen molar-refractivity contribution in [3.8, 4) is 0 Å². The zero-order valence-corrected chi connectivity index (χ0v) is 9.12. The molecule has 1 saturated heterocycles. The number of rotatable bonds is 4. The maximum atomic E-state index is 10.5. The maximum absolute atomic E-state index is 10.5. The summed E-state index contributed by atoms with van der Waals surface area (Å²) in [5, 5.41) is 3.38. The highest BCUT2D eigenvalue weighted by atomic mass is 16.1. The molecular formula is C10H21N3O. The molecule has 0 radical (unpaired) electrons. The predicted octanol–water partition coefficient (Wildman–Crippen LogP) is -0.0659. The van der Waals surface area contributed by atoms with E-state index in [1.54, 1.807) is 0 Å². The Bertz CT molecular complexity index is 196. The topological polar surface area (TPSA) is 58.4 Å². The van der Waals surface area contributed by atoms with Crippen LogP contribution < -0.4 is 11.1 Å². The van der Waals surface area contributed by atoms with E-state index in [-0.39, 0.29) is 5.91 Å². The Morgan fingerprint density at radius 3 is 2.93 bits per heavy atom. The molecule has 1 heterocycles. The molecule has 0 spiro atoms. The Kier molecular flexibility index (Phi) is 4.35. The quantitative estimate of drug-likeness (QED) is 0.666. The third kappa shape index (κ3) is 3.64. The monoisotopic (exact) mass is 199 g/mol. The highest BCUT2D eigenvalue weighted by Gasteiger charge is 2.21. The van der Waals surface area contributed by atoms with Crippen LogP contribution in [0.4, 0.5) is 0 Å². The van der Waals surface area contributed by atoms with Crippen molar-refractivity contribution in [2.45, 2.75) is 38.3 Å². The number of hydrogen-bond acceptors (Lipinski definition) is 3. The minimum absolute atomic E-state index is 0.224. The van der Waals surface area contributed by atoms with Gasteiger partial charge in [0, 0.05) is 25.0 Å². The molecule has 4 nitrogen and oxygen atoms in total. The first-order chi connectivity index (χ1) is 6.59. The molecule has 1 amide bonds. The van der Waals surface area contributed by atoms with Crippen LogP contribution in [0.3, 0.4) is 0 Å². The van der Waals surface area contributed by atoms with Gasteiger partial charge in [0.15, 0.2) is 0 Å². The van der Waals surface area contributed by atoms with E-state index in [1.807, 2.05) is 0 Å². The summed E-state index contributed by atoms with van der Waals surface area (Å²) in [5.41, 5.74) is 5.07. The fraction of sp³-hybridized carbons (Fsp3) is 0.900. The van der Waals surface area contributed by atoms with Gasteiger partial charge in [-0.05, 0) is 33.4 Å². The van der Waals surface area contributed by atoms with E-state index in [4.69, 9.17) is 5.73 Å². The molecular weight excluding hydrogens is 178 g/mol. The minimum atomic E-state index is -0.224. The number of carbonyl (C=O) groups is 1. The van der Waals surface area contributed by atoms with E-state index in [0.717, 1.165) is 19.5 Å². The number of likely N-dealkylation sites (tertiary alicyclic amines) is 1. The van der Waals surface area contributed by atoms with Gasteiger partial charge in [-0.2, -0.15) is 0 Å². The number of carbonyl (C=O) groups excluding carboxylic acids is 1. The highest BCUT2D eigenvalue weighted by molar-refractivity contribution is 5.73. The lowest BCUT2D eigenvalue weighted by Crippen LogP contribution is -2.46. The molecule has 1 aliphatic heterocycles. The summed E-state index contributed by atoms with van der Waals surface area (Å²) in [6, 6.07) is 1.19. The van der Waals surface area contributed by atoms with Gasteiger partial charge in [-0.1, -0.05) is 0 Å². The van der Waals surface area contributed by atoms with Crippen molar-refractivity contribution in [2.24, 2.45) is 5.73 Å². The lowest BCUT2D eigenvalue weighted by atomic mass is 9.99. The number of piperidine rings is 1. The Balaban J connectivity index is 2.16. The number of nitrogens with zero attached hydrogens (tertiary/aromatic N) is 1. The first kappa shape index (κ1) is 11.5. The zero-order valence-electron chi connectivity index (χ0n) is 9.12. The molecule has 0 aromatic carbocycles. The Labute approximate surface area is 85.8 Å². The third-order valence-corrected chi connectivity index (χ3v) is 3.01. The Morgan fingerprint density at radius 2 is 2.36 bits per heavy atom. The van der Waals surface area contributed by atoms with Gasteiger partial charge in [-0.15, -0.1) is 0 Å². The molecule has 1 fully saturated rings. The molecule has 1 rings (SSSR count). The second-order valence-corrected chi connectivity index (χ2v) is 4.22. The number of amides is 1. The molecule has 1 aliphatic rings. The molecule has 2 unspecified atom stereocenters. The Hall–Kier alpha value is -0.610. The fourth-order valence-electron chi connectivity index (χ4n) is 1.87. The lowest BCUT2D eigenvalue weighted by molar-refractivity contribution is -0.117. The summed E-state index contributed by atoms with van der Waals surface area (Å²) in [7, 11) is 2.16. The normalized spacial score (nSPS) is 29.0. The smallest absolute Gasteiger partial charge is 0.218 e. The largest absolute Gasteiger partial charge is 0.370 e. The molecule has 2 atom stereocenters. The van der Waals surface area contributed by atoms with Crippen LogP contribution in [-0.2, 0) is 4.79 Å². The minimum Gasteiger partial charge on any atom is -0.370 e. The van der Waals surface area contributed by atoms with Crippen LogP contribution in [0.15, 0.2) is 0 Å². The number of primary amides is 1. The van der Waals surface area contributed by atoms with E-state index < -0.39 is 0 Å². The summed E-state index contributed by atoms with van der Waals surface area (Å²) in [6.07, 6.45) is 2.77. The van der Waals surface area contributed by atoms with Crippen molar-refractivity contribution in [1.82, 2.24) is 10.2 Å². The van der Waals surface area contributed by atoms with Crippen LogP contribution in [0.1, 0.15) is 26.2 Å². The van der Waals surface area contributed by atoms with Gasteiger partial charge < -0.3 is 16.0 Å². The Morgan fingerprint density at radius 1 is 1.64 bits per heavy atom. The van der Waals surface area contributed by atoms with E-state index in [2.05, 4.69) is 24.2 Å². The van der Waals surface area contributed by atoms with Crippen molar-refractivity contribution in [2.75, 3.05) is 20.1 Å². The summed E-state index contributed by atoms with van der Waals surface area (Å²) >= 11 is 0. The van der Waals surface area contributed by atoms with Crippen LogP contribution in [0.5, 0.6) is 0 Å². The van der Waals surface area contributed by atoms with Gasteiger partial charge in [0.2, 0.25) is 5.91 Å².